The van der Waals surface area contributed by atoms with E-state index < -0.39 is 5.69 Å². The molecule has 0 aliphatic carbocycles. The van der Waals surface area contributed by atoms with E-state index in [1.54, 1.807) is 0 Å². The second kappa shape index (κ2) is 5.37. The molecule has 1 N–H and O–H groups in total. The summed E-state index contributed by atoms with van der Waals surface area (Å²) in [6.45, 7) is 0.0384. The van der Waals surface area contributed by atoms with Crippen LogP contribution in [-0.4, -0.2) is 35.0 Å². The number of aromatic nitrogens is 7. The molecule has 9 nitrogen and oxygen atoms in total. The van der Waals surface area contributed by atoms with Gasteiger partial charge in [0.2, 0.25) is 5.88 Å². The van der Waals surface area contributed by atoms with Crippen LogP contribution in [-0.2, 0) is 13.7 Å². The van der Waals surface area contributed by atoms with E-state index in [2.05, 4.69) is 20.5 Å². The zero-order valence-electron chi connectivity index (χ0n) is 11.8. The van der Waals surface area contributed by atoms with Crippen LogP contribution in [0, 0.1) is 0 Å². The first-order chi connectivity index (χ1) is 10.6. The van der Waals surface area contributed by atoms with Crippen LogP contribution in [0.25, 0.3) is 5.69 Å². The van der Waals surface area contributed by atoms with Gasteiger partial charge in [0.1, 0.15) is 6.61 Å². The second-order valence-corrected chi connectivity index (χ2v) is 4.48. The molecule has 3 heterocycles. The van der Waals surface area contributed by atoms with Crippen molar-refractivity contribution < 1.29 is 6.15 Å². The van der Waals surface area contributed by atoms with Crippen LogP contribution in [0.1, 0.15) is 5.56 Å². The molecule has 0 atom stereocenters. The van der Waals surface area contributed by atoms with Gasteiger partial charge < -0.3 is 4.74 Å². The van der Waals surface area contributed by atoms with E-state index in [0.29, 0.717) is 16.3 Å². The topological polar surface area (TPSA) is 104 Å². The van der Waals surface area contributed by atoms with Gasteiger partial charge in [0, 0.05) is 31.1 Å². The minimum atomic E-state index is -0.430. The van der Waals surface area contributed by atoms with E-state index >= 15 is 0 Å². The van der Waals surface area contributed by atoms with E-state index in [1.807, 2.05) is 0 Å². The van der Waals surface area contributed by atoms with Gasteiger partial charge in [-0.05, 0) is 10.4 Å². The number of aromatic amines is 1. The van der Waals surface area contributed by atoms with Crippen molar-refractivity contribution in [2.45, 2.75) is 6.61 Å². The summed E-state index contributed by atoms with van der Waals surface area (Å²) in [6, 6.07) is 1.54. The summed E-state index contributed by atoms with van der Waals surface area (Å²) in [7, 11) is 1.49. The lowest BCUT2D eigenvalue weighted by Crippen LogP contribution is -2.23. The molecule has 0 unspecified atom stereocenters. The molecule has 0 fully saturated rings. The van der Waals surface area contributed by atoms with Crippen LogP contribution in [0.4, 0.5) is 0 Å². The Morgan fingerprint density at radius 2 is 2.33 bits per heavy atom. The highest BCUT2D eigenvalue weighted by atomic mass is 35.5. The van der Waals surface area contributed by atoms with Crippen LogP contribution in [0.2, 0.25) is 6.43 Å². The number of halogens is 1. The normalized spacial score (nSPS) is 11.4. The lowest BCUT2D eigenvalue weighted by molar-refractivity contribution is 0.293. The Bertz CT molecular complexity index is 871. The molecule has 21 heavy (non-hydrogen) atoms. The number of aryl methyl sites for hydroxylation is 1. The largest absolute Gasteiger partial charge is 0.472 e. The predicted molar refractivity (Wildman–Crippen MR) is 72.3 cm³/mol. The molecule has 10 heteroatoms. The first kappa shape index (κ1) is 12.1. The Labute approximate surface area is 124 Å². The summed E-state index contributed by atoms with van der Waals surface area (Å²) in [6.07, 6.45) is 4.32. The number of nitrogens with one attached hydrogen (secondary N) is 1. The number of hydrogen-bond donors (Lipinski definition) is 1. The Morgan fingerprint density at radius 1 is 1.48 bits per heavy atom. The van der Waals surface area contributed by atoms with Gasteiger partial charge in [0.05, 0.1) is 16.9 Å². The van der Waals surface area contributed by atoms with E-state index in [0.717, 1.165) is 14.5 Å². The smallest absolute Gasteiger partial charge is 0.368 e. The molecule has 0 aromatic carbocycles. The van der Waals surface area contributed by atoms with Crippen molar-refractivity contribution >= 4 is 11.6 Å². The molecule has 3 aromatic rings. The Kier molecular flexibility index (Phi) is 3.09. The van der Waals surface area contributed by atoms with Gasteiger partial charge in [0.25, 0.3) is 0 Å². The minimum Gasteiger partial charge on any atom is -0.472 e. The summed E-state index contributed by atoms with van der Waals surface area (Å²) < 4.78 is 14.9. The van der Waals surface area contributed by atoms with Gasteiger partial charge in [0.15, 0.2) is 1.41 Å². The summed E-state index contributed by atoms with van der Waals surface area (Å²) in [5.41, 5.74) is 0.454. The zero-order valence-corrected chi connectivity index (χ0v) is 11.6. The fourth-order valence-corrected chi connectivity index (χ4v) is 1.89. The van der Waals surface area contributed by atoms with Gasteiger partial charge in [-0.1, -0.05) is 11.6 Å². The third-order valence-electron chi connectivity index (χ3n) is 2.74. The monoisotopic (exact) mass is 309 g/mol. The highest BCUT2D eigenvalue weighted by Gasteiger charge is 2.15. The standard InChI is InChI=1S/C11H10ClN7O2/c1-18-11(20)19(17-16-18)9-5-13-4-8(12)7(9)6-21-10-2-3-14-15-10/h2-5H,6H2,1H3,(H,14,15)/i/hT. The van der Waals surface area contributed by atoms with Gasteiger partial charge in [-0.2, -0.15) is 9.36 Å². The fraction of sp³-hybridized carbons (Fsp3) is 0.182. The number of hydrogen-bond acceptors (Lipinski definition) is 6. The van der Waals surface area contributed by atoms with E-state index in [1.165, 1.54) is 31.7 Å². The first-order valence-electron chi connectivity index (χ1n) is 6.30. The van der Waals surface area contributed by atoms with Crippen LogP contribution < -0.4 is 10.4 Å². The Balaban J connectivity index is 1.96. The molecule has 0 amide bonds. The molecule has 3 rings (SSSR count). The molecule has 108 valence electrons. The van der Waals surface area contributed by atoms with Crippen molar-refractivity contribution in [3.05, 3.63) is 45.7 Å². The highest BCUT2D eigenvalue weighted by Crippen LogP contribution is 2.22. The number of pyridine rings is 1. The molecule has 0 saturated heterocycles. The SMILES string of the molecule is [3H]n1ccc(OCc2c(Cl)cncc2-n2nnn(C)c2=O)n1. The first-order valence-corrected chi connectivity index (χ1v) is 6.23. The second-order valence-electron chi connectivity index (χ2n) is 4.07. The maximum Gasteiger partial charge on any atom is 0.368 e. The molecule has 0 bridgehead atoms. The molecule has 3 aromatic heterocycles. The summed E-state index contributed by atoms with van der Waals surface area (Å²) in [4.78, 5) is 15.9. The fourth-order valence-electron chi connectivity index (χ4n) is 1.69. The Hall–Kier alpha value is -2.68. The third-order valence-corrected chi connectivity index (χ3v) is 3.06. The average Bonchev–Trinajstić information content (AvgIpc) is 3.05. The van der Waals surface area contributed by atoms with E-state index in [9.17, 15) is 4.79 Å². The van der Waals surface area contributed by atoms with Crippen molar-refractivity contribution in [1.82, 2.24) is 35.0 Å². The molecular weight excluding hydrogens is 298 g/mol. The van der Waals surface area contributed by atoms with Gasteiger partial charge in [-0.15, -0.1) is 5.10 Å². The van der Waals surface area contributed by atoms with E-state index in [-0.39, 0.29) is 12.5 Å². The van der Waals surface area contributed by atoms with E-state index in [4.69, 9.17) is 17.7 Å². The molecule has 0 radical (unpaired) electrons. The Morgan fingerprint density at radius 3 is 3.00 bits per heavy atom. The van der Waals surface area contributed by atoms with Crippen LogP contribution in [0.5, 0.6) is 5.88 Å². The zero-order chi connectivity index (χ0) is 15.7. The molecule has 0 saturated carbocycles. The summed E-state index contributed by atoms with van der Waals surface area (Å²) >= 11 is 6.13. The molecule has 0 aliphatic rings. The maximum atomic E-state index is 12.0. The van der Waals surface area contributed by atoms with Gasteiger partial charge in [-0.3, -0.25) is 10.1 Å². The number of tetrazole rings is 1. The van der Waals surface area contributed by atoms with Gasteiger partial charge in [-0.25, -0.2) is 4.79 Å². The molecule has 0 spiro atoms. The lowest BCUT2D eigenvalue weighted by Gasteiger charge is -2.09. The van der Waals surface area contributed by atoms with Gasteiger partial charge >= 0.3 is 5.69 Å². The van der Waals surface area contributed by atoms with Crippen LogP contribution in [0.15, 0.2) is 29.5 Å². The molecular formula is C11H10ClN7O2. The number of ether oxygens (including phenoxy) is 1. The highest BCUT2D eigenvalue weighted by molar-refractivity contribution is 6.31. The van der Waals surface area contributed by atoms with Crippen LogP contribution >= 0.6 is 11.6 Å². The lowest BCUT2D eigenvalue weighted by atomic mass is 10.2. The average molecular weight is 310 g/mol. The van der Waals surface area contributed by atoms with Crippen molar-refractivity contribution in [2.24, 2.45) is 7.05 Å². The minimum absolute atomic E-state index is 0.0384. The van der Waals surface area contributed by atoms with Crippen molar-refractivity contribution in [1.29, 1.82) is 0 Å². The van der Waals surface area contributed by atoms with Crippen molar-refractivity contribution in [3.8, 4) is 11.6 Å². The quantitative estimate of drug-likeness (QED) is 0.744. The summed E-state index contributed by atoms with van der Waals surface area (Å²) in [5, 5.41) is 12.4. The predicted octanol–water partition coefficient (Wildman–Crippen LogP) is 0.316. The van der Waals surface area contributed by atoms with Crippen molar-refractivity contribution in [3.63, 3.8) is 0 Å². The number of rotatable bonds is 4. The number of nitrogens with zero attached hydrogens (tertiary/aromatic N) is 6. The molecule has 0 aliphatic heterocycles. The number of H-pyrrole nitrogens is 1. The van der Waals surface area contributed by atoms with Crippen LogP contribution in [0.3, 0.4) is 0 Å². The summed E-state index contributed by atoms with van der Waals surface area (Å²) in [5.74, 6) is 0.264. The third kappa shape index (κ3) is 2.50. The van der Waals surface area contributed by atoms with Crippen molar-refractivity contribution in [2.75, 3.05) is 0 Å². The maximum absolute atomic E-state index is 12.0.